The summed E-state index contributed by atoms with van der Waals surface area (Å²) < 4.78 is 18.3. The van der Waals surface area contributed by atoms with Gasteiger partial charge in [-0.3, -0.25) is 10.1 Å². The Hall–Kier alpha value is -2.02. The first-order valence-electron chi connectivity index (χ1n) is 6.40. The molecule has 0 radical (unpaired) electrons. The van der Waals surface area contributed by atoms with Gasteiger partial charge >= 0.3 is 0 Å². The minimum atomic E-state index is -0.489. The average Bonchev–Trinajstić information content (AvgIpc) is 2.89. The fraction of sp³-hybridized carbons (Fsp3) is 0.286. The molecule has 2 rings (SSSR count). The molecule has 2 aromatic rings. The number of anilines is 2. The van der Waals surface area contributed by atoms with E-state index >= 15 is 0 Å². The molecule has 1 aromatic carbocycles. The lowest BCUT2D eigenvalue weighted by Crippen LogP contribution is -2.13. The van der Waals surface area contributed by atoms with Gasteiger partial charge in [0.25, 0.3) is 0 Å². The summed E-state index contributed by atoms with van der Waals surface area (Å²) in [4.78, 5) is 12.4. The van der Waals surface area contributed by atoms with Gasteiger partial charge in [-0.1, -0.05) is 19.0 Å². The van der Waals surface area contributed by atoms with Crippen LogP contribution in [0.2, 0.25) is 0 Å². The smallest absolute Gasteiger partial charge is 0.237 e. The molecule has 1 heterocycles. The third-order valence-electron chi connectivity index (χ3n) is 2.72. The van der Waals surface area contributed by atoms with E-state index in [1.54, 1.807) is 12.1 Å². The summed E-state index contributed by atoms with van der Waals surface area (Å²) in [6.45, 7) is 3.96. The number of thioether (sulfide) groups is 1. The van der Waals surface area contributed by atoms with Crippen LogP contribution in [0.1, 0.15) is 25.5 Å². The summed E-state index contributed by atoms with van der Waals surface area (Å²) in [5.74, 6) is -0.0543. The van der Waals surface area contributed by atoms with Gasteiger partial charge in [0.2, 0.25) is 11.8 Å². The molecule has 0 aliphatic carbocycles. The first-order chi connectivity index (χ1) is 9.95. The topological polar surface area (TPSA) is 81.2 Å². The number of aromatic nitrogens is 1. The van der Waals surface area contributed by atoms with Crippen LogP contribution in [-0.4, -0.2) is 16.8 Å². The van der Waals surface area contributed by atoms with Gasteiger partial charge in [-0.2, -0.15) is 0 Å². The van der Waals surface area contributed by atoms with Gasteiger partial charge in [-0.05, 0) is 24.1 Å². The Balaban J connectivity index is 1.88. The van der Waals surface area contributed by atoms with Crippen molar-refractivity contribution in [1.29, 1.82) is 0 Å². The van der Waals surface area contributed by atoms with Crippen LogP contribution in [0.3, 0.4) is 0 Å². The lowest BCUT2D eigenvalue weighted by Gasteiger charge is -2.03. The number of nitrogens with two attached hydrogens (primary N) is 1. The zero-order chi connectivity index (χ0) is 15.4. The lowest BCUT2D eigenvalue weighted by atomic mass is 10.1. The van der Waals surface area contributed by atoms with Crippen LogP contribution in [0.4, 0.5) is 16.0 Å². The maximum atomic E-state index is 13.3. The normalized spacial score (nSPS) is 10.9. The van der Waals surface area contributed by atoms with E-state index in [0.29, 0.717) is 10.8 Å². The second kappa shape index (κ2) is 6.62. The Morgan fingerprint density at radius 3 is 2.86 bits per heavy atom. The van der Waals surface area contributed by atoms with Crippen molar-refractivity contribution >= 4 is 29.2 Å². The summed E-state index contributed by atoms with van der Waals surface area (Å²) in [5.41, 5.74) is 6.26. The second-order valence-electron chi connectivity index (χ2n) is 4.79. The molecule has 5 nitrogen and oxygen atoms in total. The number of nitrogen functional groups attached to an aromatic ring is 1. The molecule has 0 fully saturated rings. The van der Waals surface area contributed by atoms with Crippen LogP contribution in [0.5, 0.6) is 0 Å². The van der Waals surface area contributed by atoms with Gasteiger partial charge in [-0.15, -0.1) is 11.8 Å². The molecule has 0 aliphatic heterocycles. The first kappa shape index (κ1) is 15.4. The first-order valence-corrected chi connectivity index (χ1v) is 7.38. The number of carbonyl (C=O) groups is 1. The highest BCUT2D eigenvalue weighted by molar-refractivity contribution is 8.00. The van der Waals surface area contributed by atoms with E-state index in [9.17, 15) is 9.18 Å². The van der Waals surface area contributed by atoms with E-state index in [1.165, 1.54) is 23.9 Å². The number of amides is 1. The largest absolute Gasteiger partial charge is 0.396 e. The highest BCUT2D eigenvalue weighted by Gasteiger charge is 2.11. The number of hydrogen-bond donors (Lipinski definition) is 2. The predicted octanol–water partition coefficient (Wildman–Crippen LogP) is 3.25. The maximum absolute atomic E-state index is 13.3. The number of halogens is 1. The van der Waals surface area contributed by atoms with E-state index in [1.807, 2.05) is 13.8 Å². The molecular formula is C14H16FN3O2S. The van der Waals surface area contributed by atoms with E-state index in [2.05, 4.69) is 10.5 Å². The highest BCUT2D eigenvalue weighted by atomic mass is 32.2. The van der Waals surface area contributed by atoms with Gasteiger partial charge < -0.3 is 10.3 Å². The van der Waals surface area contributed by atoms with Crippen molar-refractivity contribution in [2.45, 2.75) is 24.7 Å². The molecule has 3 N–H and O–H groups in total. The van der Waals surface area contributed by atoms with Crippen molar-refractivity contribution < 1.29 is 13.7 Å². The van der Waals surface area contributed by atoms with Crippen molar-refractivity contribution in [3.8, 4) is 0 Å². The van der Waals surface area contributed by atoms with E-state index in [4.69, 9.17) is 10.3 Å². The van der Waals surface area contributed by atoms with Crippen molar-refractivity contribution in [2.75, 3.05) is 16.8 Å². The minimum Gasteiger partial charge on any atom is -0.396 e. The quantitative estimate of drug-likeness (QED) is 0.654. The number of rotatable bonds is 5. The monoisotopic (exact) mass is 309 g/mol. The molecule has 112 valence electrons. The molecular weight excluding hydrogens is 293 g/mol. The van der Waals surface area contributed by atoms with Gasteiger partial charge in [-0.25, -0.2) is 4.39 Å². The van der Waals surface area contributed by atoms with Gasteiger partial charge in [0.1, 0.15) is 5.82 Å². The molecule has 0 atom stereocenters. The molecule has 0 saturated carbocycles. The lowest BCUT2D eigenvalue weighted by molar-refractivity contribution is -0.113. The Bertz CT molecular complexity index is 643. The number of carbonyl (C=O) groups excluding carboxylic acids is 1. The van der Waals surface area contributed by atoms with Crippen molar-refractivity contribution in [2.24, 2.45) is 0 Å². The molecule has 1 aromatic heterocycles. The van der Waals surface area contributed by atoms with E-state index < -0.39 is 5.82 Å². The van der Waals surface area contributed by atoms with Crippen molar-refractivity contribution in [1.82, 2.24) is 5.16 Å². The Morgan fingerprint density at radius 2 is 2.24 bits per heavy atom. The molecule has 0 saturated heterocycles. The van der Waals surface area contributed by atoms with Gasteiger partial charge in [0.05, 0.1) is 17.1 Å². The Labute approximate surface area is 126 Å². The van der Waals surface area contributed by atoms with E-state index in [0.717, 1.165) is 5.69 Å². The zero-order valence-corrected chi connectivity index (χ0v) is 12.5. The van der Waals surface area contributed by atoms with Crippen LogP contribution in [0.25, 0.3) is 0 Å². The Kier molecular flexibility index (Phi) is 4.85. The van der Waals surface area contributed by atoms with Crippen LogP contribution >= 0.6 is 11.8 Å². The Morgan fingerprint density at radius 1 is 1.48 bits per heavy atom. The summed E-state index contributed by atoms with van der Waals surface area (Å²) in [6.07, 6.45) is 0. The standard InChI is InChI=1S/C14H16FN3O2S/c1-8(2)12-6-14(20-18-12)17-13(19)7-21-9-3-4-11(16)10(15)5-9/h3-6,8H,7,16H2,1-2H3,(H,17,19). The highest BCUT2D eigenvalue weighted by Crippen LogP contribution is 2.22. The van der Waals surface area contributed by atoms with Gasteiger partial charge in [0.15, 0.2) is 0 Å². The van der Waals surface area contributed by atoms with Crippen LogP contribution in [0.15, 0.2) is 33.7 Å². The fourth-order valence-corrected chi connectivity index (χ4v) is 2.26. The summed E-state index contributed by atoms with van der Waals surface area (Å²) >= 11 is 1.21. The summed E-state index contributed by atoms with van der Waals surface area (Å²) in [7, 11) is 0. The molecule has 0 unspecified atom stereocenters. The molecule has 1 amide bonds. The molecule has 7 heteroatoms. The number of nitrogens with zero attached hydrogens (tertiary/aromatic N) is 1. The van der Waals surface area contributed by atoms with E-state index in [-0.39, 0.29) is 23.3 Å². The second-order valence-corrected chi connectivity index (χ2v) is 5.84. The van der Waals surface area contributed by atoms with Crippen molar-refractivity contribution in [3.05, 3.63) is 35.8 Å². The SMILES string of the molecule is CC(C)c1cc(NC(=O)CSc2ccc(N)c(F)c2)on1. The maximum Gasteiger partial charge on any atom is 0.237 e. The predicted molar refractivity (Wildman–Crippen MR) is 80.8 cm³/mol. The third kappa shape index (κ3) is 4.22. The number of hydrogen-bond acceptors (Lipinski definition) is 5. The minimum absolute atomic E-state index is 0.0895. The molecule has 0 spiro atoms. The van der Waals surface area contributed by atoms with Crippen molar-refractivity contribution in [3.63, 3.8) is 0 Å². The average molecular weight is 309 g/mol. The fourth-order valence-electron chi connectivity index (χ4n) is 1.54. The van der Waals surface area contributed by atoms with Crippen LogP contribution in [-0.2, 0) is 4.79 Å². The number of benzene rings is 1. The molecule has 21 heavy (non-hydrogen) atoms. The van der Waals surface area contributed by atoms with Crippen LogP contribution < -0.4 is 11.1 Å². The zero-order valence-electron chi connectivity index (χ0n) is 11.7. The van der Waals surface area contributed by atoms with Crippen LogP contribution in [0, 0.1) is 5.82 Å². The summed E-state index contributed by atoms with van der Waals surface area (Å²) in [6, 6.07) is 6.14. The summed E-state index contributed by atoms with van der Waals surface area (Å²) in [5, 5.41) is 6.45. The molecule has 0 bridgehead atoms. The third-order valence-corrected chi connectivity index (χ3v) is 3.72. The van der Waals surface area contributed by atoms with Gasteiger partial charge in [0, 0.05) is 11.0 Å². The number of nitrogens with one attached hydrogen (secondary N) is 1. The molecule has 0 aliphatic rings.